The number of nitrogens with zero attached hydrogens (tertiary/aromatic N) is 4. The minimum Gasteiger partial charge on any atom is -0.497 e. The highest BCUT2D eigenvalue weighted by Gasteiger charge is 2.10. The van der Waals surface area contributed by atoms with Crippen LogP contribution in [0.25, 0.3) is 0 Å². The smallest absolute Gasteiger partial charge is 0.249 e. The van der Waals surface area contributed by atoms with Crippen LogP contribution in [0.4, 0.5) is 28.8 Å². The van der Waals surface area contributed by atoms with Gasteiger partial charge in [0, 0.05) is 30.2 Å². The molecule has 0 amide bonds. The van der Waals surface area contributed by atoms with Gasteiger partial charge in [0.2, 0.25) is 5.95 Å². The molecule has 0 spiro atoms. The molecule has 1 saturated heterocycles. The van der Waals surface area contributed by atoms with E-state index in [0.717, 1.165) is 30.2 Å². The molecular weight excluding hydrogens is 352 g/mol. The number of anilines is 5. The highest BCUT2D eigenvalue weighted by molar-refractivity contribution is 5.61. The van der Waals surface area contributed by atoms with E-state index in [1.807, 2.05) is 24.3 Å². The quantitative estimate of drug-likeness (QED) is 0.662. The zero-order chi connectivity index (χ0) is 19.2. The molecule has 2 N–H and O–H groups in total. The van der Waals surface area contributed by atoms with Gasteiger partial charge in [0.05, 0.1) is 13.3 Å². The molecule has 1 aliphatic heterocycles. The van der Waals surface area contributed by atoms with Crippen LogP contribution in [0, 0.1) is 0 Å². The first-order valence-corrected chi connectivity index (χ1v) is 9.53. The van der Waals surface area contributed by atoms with E-state index in [2.05, 4.69) is 55.0 Å². The van der Waals surface area contributed by atoms with E-state index in [0.29, 0.717) is 11.8 Å². The largest absolute Gasteiger partial charge is 0.497 e. The molecule has 28 heavy (non-hydrogen) atoms. The van der Waals surface area contributed by atoms with Crippen molar-refractivity contribution in [3.8, 4) is 5.75 Å². The number of aromatic nitrogens is 3. The van der Waals surface area contributed by atoms with Crippen molar-refractivity contribution >= 4 is 28.8 Å². The molecule has 2 aromatic carbocycles. The van der Waals surface area contributed by atoms with Crippen molar-refractivity contribution in [2.75, 3.05) is 35.7 Å². The molecule has 2 heterocycles. The Bertz CT molecular complexity index is 892. The van der Waals surface area contributed by atoms with Gasteiger partial charge >= 0.3 is 0 Å². The molecule has 0 bridgehead atoms. The molecule has 0 radical (unpaired) electrons. The highest BCUT2D eigenvalue weighted by atomic mass is 16.5. The molecule has 7 heteroatoms. The number of benzene rings is 2. The number of methoxy groups -OCH3 is 1. The lowest BCUT2D eigenvalue weighted by Gasteiger charge is -2.28. The summed E-state index contributed by atoms with van der Waals surface area (Å²) < 4.78 is 5.17. The van der Waals surface area contributed by atoms with Gasteiger partial charge in [-0.1, -0.05) is 0 Å². The minimum absolute atomic E-state index is 0.448. The van der Waals surface area contributed by atoms with Crippen LogP contribution in [-0.2, 0) is 0 Å². The van der Waals surface area contributed by atoms with Gasteiger partial charge in [0.25, 0.3) is 0 Å². The number of nitrogens with one attached hydrogen (secondary N) is 2. The Morgan fingerprint density at radius 1 is 0.857 bits per heavy atom. The van der Waals surface area contributed by atoms with E-state index in [1.54, 1.807) is 13.3 Å². The molecule has 1 aromatic heterocycles. The summed E-state index contributed by atoms with van der Waals surface area (Å²) in [6.45, 7) is 2.28. The second-order valence-electron chi connectivity index (χ2n) is 6.74. The summed E-state index contributed by atoms with van der Waals surface area (Å²) in [5, 5.41) is 14.5. The summed E-state index contributed by atoms with van der Waals surface area (Å²) in [6.07, 6.45) is 5.47. The van der Waals surface area contributed by atoms with Crippen LogP contribution in [0.1, 0.15) is 19.3 Å². The Labute approximate surface area is 164 Å². The summed E-state index contributed by atoms with van der Waals surface area (Å²) in [4.78, 5) is 6.92. The van der Waals surface area contributed by atoms with Crippen molar-refractivity contribution in [3.05, 3.63) is 54.7 Å². The first kappa shape index (κ1) is 18.0. The standard InChI is InChI=1S/C21H24N6O/c1-28-19-11-7-16(8-12-19)23-20-15-22-26-21(25-20)24-17-5-9-18(10-6-17)27-13-3-2-4-14-27/h5-12,15H,2-4,13-14H2,1H3,(H2,23,24,25,26). The molecule has 1 aliphatic rings. The molecule has 7 nitrogen and oxygen atoms in total. The summed E-state index contributed by atoms with van der Waals surface area (Å²) in [5.41, 5.74) is 3.10. The second-order valence-corrected chi connectivity index (χ2v) is 6.74. The van der Waals surface area contributed by atoms with Crippen LogP contribution in [0.2, 0.25) is 0 Å². The van der Waals surface area contributed by atoms with Crippen LogP contribution in [0.3, 0.4) is 0 Å². The first-order valence-electron chi connectivity index (χ1n) is 9.53. The molecule has 144 valence electrons. The minimum atomic E-state index is 0.448. The number of piperidine rings is 1. The van der Waals surface area contributed by atoms with Crippen molar-refractivity contribution in [1.82, 2.24) is 15.2 Å². The third-order valence-electron chi connectivity index (χ3n) is 4.77. The van der Waals surface area contributed by atoms with Crippen molar-refractivity contribution in [2.24, 2.45) is 0 Å². The van der Waals surface area contributed by atoms with E-state index >= 15 is 0 Å². The molecule has 0 saturated carbocycles. The average molecular weight is 376 g/mol. The fourth-order valence-corrected chi connectivity index (χ4v) is 3.28. The topological polar surface area (TPSA) is 75.2 Å². The maximum atomic E-state index is 5.17. The van der Waals surface area contributed by atoms with Crippen LogP contribution >= 0.6 is 0 Å². The first-order chi connectivity index (χ1) is 13.8. The SMILES string of the molecule is COc1ccc(Nc2cnnc(Nc3ccc(N4CCCCC4)cc3)n2)cc1. The zero-order valence-electron chi connectivity index (χ0n) is 15.9. The normalized spacial score (nSPS) is 13.8. The summed E-state index contributed by atoms with van der Waals surface area (Å²) in [5.74, 6) is 1.87. The fraction of sp³-hybridized carbons (Fsp3) is 0.286. The van der Waals surface area contributed by atoms with Gasteiger partial charge in [0.1, 0.15) is 5.75 Å². The number of ether oxygens (including phenoxy) is 1. The molecule has 0 aliphatic carbocycles. The van der Waals surface area contributed by atoms with Gasteiger partial charge < -0.3 is 20.3 Å². The molecule has 4 rings (SSSR count). The lowest BCUT2D eigenvalue weighted by atomic mass is 10.1. The van der Waals surface area contributed by atoms with Crippen molar-refractivity contribution in [2.45, 2.75) is 19.3 Å². The monoisotopic (exact) mass is 376 g/mol. The van der Waals surface area contributed by atoms with Gasteiger partial charge in [-0.05, 0) is 67.8 Å². The predicted octanol–water partition coefficient (Wildman–Crippen LogP) is 4.36. The molecule has 0 atom stereocenters. The van der Waals surface area contributed by atoms with Gasteiger partial charge in [0.15, 0.2) is 5.82 Å². The van der Waals surface area contributed by atoms with Crippen molar-refractivity contribution in [1.29, 1.82) is 0 Å². The van der Waals surface area contributed by atoms with E-state index in [-0.39, 0.29) is 0 Å². The van der Waals surface area contributed by atoms with Gasteiger partial charge in [-0.15, -0.1) is 5.10 Å². The van der Waals surface area contributed by atoms with Gasteiger partial charge in [-0.25, -0.2) is 0 Å². The zero-order valence-corrected chi connectivity index (χ0v) is 15.9. The third kappa shape index (κ3) is 4.49. The highest BCUT2D eigenvalue weighted by Crippen LogP contribution is 2.23. The summed E-state index contributed by atoms with van der Waals surface area (Å²) in [7, 11) is 1.65. The Hall–Kier alpha value is -3.35. The lowest BCUT2D eigenvalue weighted by molar-refractivity contribution is 0.415. The van der Waals surface area contributed by atoms with E-state index in [4.69, 9.17) is 4.74 Å². The second kappa shape index (κ2) is 8.56. The van der Waals surface area contributed by atoms with E-state index in [9.17, 15) is 0 Å². The van der Waals surface area contributed by atoms with Crippen LogP contribution in [0.5, 0.6) is 5.75 Å². The molecular formula is C21H24N6O. The Morgan fingerprint density at radius 2 is 1.54 bits per heavy atom. The summed E-state index contributed by atoms with van der Waals surface area (Å²) >= 11 is 0. The predicted molar refractivity (Wildman–Crippen MR) is 112 cm³/mol. The summed E-state index contributed by atoms with van der Waals surface area (Å²) in [6, 6.07) is 16.0. The number of hydrogen-bond acceptors (Lipinski definition) is 7. The van der Waals surface area contributed by atoms with Gasteiger partial charge in [-0.3, -0.25) is 0 Å². The molecule has 3 aromatic rings. The Morgan fingerprint density at radius 3 is 2.25 bits per heavy atom. The van der Waals surface area contributed by atoms with E-state index < -0.39 is 0 Å². The maximum Gasteiger partial charge on any atom is 0.249 e. The molecule has 0 unspecified atom stereocenters. The van der Waals surface area contributed by atoms with Gasteiger partial charge in [-0.2, -0.15) is 10.1 Å². The lowest BCUT2D eigenvalue weighted by Crippen LogP contribution is -2.29. The fourth-order valence-electron chi connectivity index (χ4n) is 3.28. The molecule has 1 fully saturated rings. The van der Waals surface area contributed by atoms with E-state index in [1.165, 1.54) is 24.9 Å². The maximum absolute atomic E-state index is 5.17. The number of rotatable bonds is 6. The van der Waals surface area contributed by atoms with Crippen LogP contribution in [0.15, 0.2) is 54.7 Å². The Kier molecular flexibility index (Phi) is 5.51. The number of hydrogen-bond donors (Lipinski definition) is 2. The van der Waals surface area contributed by atoms with Crippen LogP contribution in [-0.4, -0.2) is 35.4 Å². The van der Waals surface area contributed by atoms with Crippen molar-refractivity contribution < 1.29 is 4.74 Å². The van der Waals surface area contributed by atoms with Crippen LogP contribution < -0.4 is 20.3 Å². The third-order valence-corrected chi connectivity index (χ3v) is 4.77. The Balaban J connectivity index is 1.41. The average Bonchev–Trinajstić information content (AvgIpc) is 2.76. The van der Waals surface area contributed by atoms with Crippen molar-refractivity contribution in [3.63, 3.8) is 0 Å².